The van der Waals surface area contributed by atoms with Crippen LogP contribution in [0.15, 0.2) is 53.9 Å². The molecule has 0 radical (unpaired) electrons. The van der Waals surface area contributed by atoms with E-state index in [2.05, 4.69) is 10.3 Å². The molecule has 0 atom stereocenters. The van der Waals surface area contributed by atoms with E-state index in [1.54, 1.807) is 31.4 Å². The number of hydrogen-bond acceptors (Lipinski definition) is 5. The summed E-state index contributed by atoms with van der Waals surface area (Å²) < 4.78 is 10.7. The highest BCUT2D eigenvalue weighted by Crippen LogP contribution is 2.27. The van der Waals surface area contributed by atoms with Crippen molar-refractivity contribution >= 4 is 22.4 Å². The van der Waals surface area contributed by atoms with Gasteiger partial charge in [0.15, 0.2) is 5.13 Å². The van der Waals surface area contributed by atoms with Gasteiger partial charge in [-0.1, -0.05) is 0 Å². The zero-order chi connectivity index (χ0) is 18.5. The van der Waals surface area contributed by atoms with Gasteiger partial charge in [0.1, 0.15) is 11.5 Å². The first-order valence-electron chi connectivity index (χ1n) is 8.23. The third kappa shape index (κ3) is 4.40. The van der Waals surface area contributed by atoms with Crippen LogP contribution in [0.4, 0.5) is 5.13 Å². The Hall–Kier alpha value is -2.86. The SMILES string of the molecule is COc1ccc(-c2csc(NC(=O)c3ccc(OC(C)C)cc3)n2)cc1. The number of rotatable bonds is 6. The quantitative estimate of drug-likeness (QED) is 0.675. The Morgan fingerprint density at radius 2 is 1.69 bits per heavy atom. The molecule has 0 aliphatic carbocycles. The summed E-state index contributed by atoms with van der Waals surface area (Å²) >= 11 is 1.39. The summed E-state index contributed by atoms with van der Waals surface area (Å²) in [6.45, 7) is 3.92. The molecule has 0 spiro atoms. The van der Waals surface area contributed by atoms with Crippen molar-refractivity contribution in [2.24, 2.45) is 0 Å². The molecule has 3 aromatic rings. The van der Waals surface area contributed by atoms with Gasteiger partial charge in [0, 0.05) is 16.5 Å². The molecule has 0 fully saturated rings. The summed E-state index contributed by atoms with van der Waals surface area (Å²) in [5, 5.41) is 5.31. The molecule has 0 aliphatic rings. The van der Waals surface area contributed by atoms with Gasteiger partial charge in [-0.05, 0) is 62.4 Å². The molecule has 0 aliphatic heterocycles. The standard InChI is InChI=1S/C20H20N2O3S/c1-13(2)25-17-10-6-15(7-11-17)19(23)22-20-21-18(12-26-20)14-4-8-16(24-3)9-5-14/h4-13H,1-3H3,(H,21,22,23). The summed E-state index contributed by atoms with van der Waals surface area (Å²) in [5.41, 5.74) is 2.34. The molecule has 0 saturated heterocycles. The highest BCUT2D eigenvalue weighted by molar-refractivity contribution is 7.14. The lowest BCUT2D eigenvalue weighted by atomic mass is 10.2. The zero-order valence-electron chi connectivity index (χ0n) is 14.9. The number of benzene rings is 2. The second-order valence-corrected chi connectivity index (χ2v) is 6.77. The lowest BCUT2D eigenvalue weighted by molar-refractivity contribution is 0.102. The molecular formula is C20H20N2O3S. The summed E-state index contributed by atoms with van der Waals surface area (Å²) in [5.74, 6) is 1.34. The molecular weight excluding hydrogens is 348 g/mol. The topological polar surface area (TPSA) is 60.5 Å². The number of carbonyl (C=O) groups is 1. The minimum absolute atomic E-state index is 0.0985. The van der Waals surface area contributed by atoms with Gasteiger partial charge in [-0.2, -0.15) is 0 Å². The molecule has 1 amide bonds. The predicted molar refractivity (Wildman–Crippen MR) is 104 cm³/mol. The van der Waals surface area contributed by atoms with Gasteiger partial charge in [0.25, 0.3) is 5.91 Å². The second-order valence-electron chi connectivity index (χ2n) is 5.91. The van der Waals surface area contributed by atoms with Crippen LogP contribution in [0.1, 0.15) is 24.2 Å². The van der Waals surface area contributed by atoms with Crippen LogP contribution in [0.2, 0.25) is 0 Å². The lowest BCUT2D eigenvalue weighted by Crippen LogP contribution is -2.12. The smallest absolute Gasteiger partial charge is 0.257 e. The highest BCUT2D eigenvalue weighted by atomic mass is 32.1. The minimum atomic E-state index is -0.197. The maximum Gasteiger partial charge on any atom is 0.257 e. The van der Waals surface area contributed by atoms with Crippen molar-refractivity contribution in [2.45, 2.75) is 20.0 Å². The fourth-order valence-corrected chi connectivity index (χ4v) is 3.07. The van der Waals surface area contributed by atoms with Gasteiger partial charge in [-0.25, -0.2) is 4.98 Å². The Bertz CT molecular complexity index is 871. The van der Waals surface area contributed by atoms with Crippen molar-refractivity contribution in [3.8, 4) is 22.8 Å². The van der Waals surface area contributed by atoms with Crippen LogP contribution >= 0.6 is 11.3 Å². The van der Waals surface area contributed by atoms with E-state index in [0.29, 0.717) is 10.7 Å². The average molecular weight is 368 g/mol. The molecule has 6 heteroatoms. The molecule has 0 unspecified atom stereocenters. The number of anilines is 1. The minimum Gasteiger partial charge on any atom is -0.497 e. The number of nitrogens with zero attached hydrogens (tertiary/aromatic N) is 1. The summed E-state index contributed by atoms with van der Waals surface area (Å²) in [6.07, 6.45) is 0.0985. The van der Waals surface area contributed by atoms with E-state index in [1.165, 1.54) is 11.3 Å². The van der Waals surface area contributed by atoms with Crippen LogP contribution < -0.4 is 14.8 Å². The van der Waals surface area contributed by atoms with Gasteiger partial charge in [0.05, 0.1) is 18.9 Å². The number of thiazole rings is 1. The third-order valence-corrected chi connectivity index (χ3v) is 4.36. The third-order valence-electron chi connectivity index (χ3n) is 3.60. The van der Waals surface area contributed by atoms with E-state index in [4.69, 9.17) is 9.47 Å². The normalized spacial score (nSPS) is 10.6. The number of amides is 1. The van der Waals surface area contributed by atoms with E-state index < -0.39 is 0 Å². The Morgan fingerprint density at radius 1 is 1.04 bits per heavy atom. The van der Waals surface area contributed by atoms with E-state index >= 15 is 0 Å². The fourth-order valence-electron chi connectivity index (χ4n) is 2.35. The largest absolute Gasteiger partial charge is 0.497 e. The zero-order valence-corrected chi connectivity index (χ0v) is 15.7. The number of carbonyl (C=O) groups excluding carboxylic acids is 1. The van der Waals surface area contributed by atoms with Crippen LogP contribution in [0.3, 0.4) is 0 Å². The van der Waals surface area contributed by atoms with Crippen molar-refractivity contribution in [1.29, 1.82) is 0 Å². The van der Waals surface area contributed by atoms with Crippen LogP contribution in [0, 0.1) is 0 Å². The first-order chi connectivity index (χ1) is 12.5. The van der Waals surface area contributed by atoms with E-state index in [0.717, 1.165) is 22.8 Å². The molecule has 0 bridgehead atoms. The van der Waals surface area contributed by atoms with Crippen LogP contribution in [-0.4, -0.2) is 24.1 Å². The molecule has 1 N–H and O–H groups in total. The predicted octanol–water partition coefficient (Wildman–Crippen LogP) is 4.86. The fraction of sp³-hybridized carbons (Fsp3) is 0.200. The van der Waals surface area contributed by atoms with E-state index in [9.17, 15) is 4.79 Å². The monoisotopic (exact) mass is 368 g/mol. The van der Waals surface area contributed by atoms with Crippen LogP contribution in [0.5, 0.6) is 11.5 Å². The molecule has 0 saturated carbocycles. The number of ether oxygens (including phenoxy) is 2. The van der Waals surface area contributed by atoms with E-state index in [-0.39, 0.29) is 12.0 Å². The van der Waals surface area contributed by atoms with Crippen molar-refractivity contribution in [2.75, 3.05) is 12.4 Å². The Balaban J connectivity index is 1.67. The van der Waals surface area contributed by atoms with Crippen LogP contribution in [0.25, 0.3) is 11.3 Å². The van der Waals surface area contributed by atoms with Gasteiger partial charge < -0.3 is 9.47 Å². The van der Waals surface area contributed by atoms with Crippen molar-refractivity contribution in [3.63, 3.8) is 0 Å². The molecule has 1 aromatic heterocycles. The number of aromatic nitrogens is 1. The molecule has 3 rings (SSSR count). The summed E-state index contributed by atoms with van der Waals surface area (Å²) in [4.78, 5) is 16.9. The molecule has 26 heavy (non-hydrogen) atoms. The number of methoxy groups -OCH3 is 1. The molecule has 5 nitrogen and oxygen atoms in total. The summed E-state index contributed by atoms with van der Waals surface area (Å²) in [7, 11) is 1.63. The van der Waals surface area contributed by atoms with Crippen molar-refractivity contribution in [3.05, 3.63) is 59.5 Å². The number of hydrogen-bond donors (Lipinski definition) is 1. The highest BCUT2D eigenvalue weighted by Gasteiger charge is 2.10. The average Bonchev–Trinajstić information content (AvgIpc) is 3.10. The van der Waals surface area contributed by atoms with Crippen molar-refractivity contribution in [1.82, 2.24) is 4.98 Å². The maximum atomic E-state index is 12.4. The second kappa shape index (κ2) is 8.01. The molecule has 134 valence electrons. The Kier molecular flexibility index (Phi) is 5.53. The van der Waals surface area contributed by atoms with Crippen molar-refractivity contribution < 1.29 is 14.3 Å². The Morgan fingerprint density at radius 3 is 2.31 bits per heavy atom. The van der Waals surface area contributed by atoms with Gasteiger partial charge >= 0.3 is 0 Å². The van der Waals surface area contributed by atoms with Gasteiger partial charge in [0.2, 0.25) is 0 Å². The molecule has 1 heterocycles. The first-order valence-corrected chi connectivity index (χ1v) is 9.11. The maximum absolute atomic E-state index is 12.4. The lowest BCUT2D eigenvalue weighted by Gasteiger charge is -2.09. The first kappa shape index (κ1) is 17.9. The molecule has 2 aromatic carbocycles. The van der Waals surface area contributed by atoms with Gasteiger partial charge in [-0.15, -0.1) is 11.3 Å². The van der Waals surface area contributed by atoms with Crippen LogP contribution in [-0.2, 0) is 0 Å². The van der Waals surface area contributed by atoms with E-state index in [1.807, 2.05) is 43.5 Å². The number of nitrogens with one attached hydrogen (secondary N) is 1. The Labute approximate surface area is 156 Å². The summed E-state index contributed by atoms with van der Waals surface area (Å²) in [6, 6.07) is 14.7. The van der Waals surface area contributed by atoms with Gasteiger partial charge in [-0.3, -0.25) is 10.1 Å².